The van der Waals surface area contributed by atoms with Crippen LogP contribution in [-0.2, 0) is 0 Å². The van der Waals surface area contributed by atoms with E-state index < -0.39 is 0 Å². The van der Waals surface area contributed by atoms with Gasteiger partial charge in [-0.2, -0.15) is 0 Å². The highest BCUT2D eigenvalue weighted by Crippen LogP contribution is 2.29. The minimum Gasteiger partial charge on any atom is -0.317 e. The summed E-state index contributed by atoms with van der Waals surface area (Å²) in [5, 5.41) is 4.24. The van der Waals surface area contributed by atoms with Crippen LogP contribution in [0.15, 0.2) is 18.2 Å². The highest BCUT2D eigenvalue weighted by atomic mass is 35.5. The third kappa shape index (κ3) is 3.10. The van der Waals surface area contributed by atoms with Gasteiger partial charge in [0.1, 0.15) is 0 Å². The van der Waals surface area contributed by atoms with Crippen LogP contribution in [0.25, 0.3) is 0 Å². The number of hydrogen-bond acceptors (Lipinski definition) is 1. The second-order valence-corrected chi connectivity index (χ2v) is 4.46. The zero-order valence-corrected chi connectivity index (χ0v) is 10.5. The molecule has 15 heavy (non-hydrogen) atoms. The molecule has 1 saturated heterocycles. The maximum Gasteiger partial charge on any atom is 0.0408 e. The topological polar surface area (TPSA) is 12.0 Å². The molecule has 0 radical (unpaired) electrons. The monoisotopic (exact) mass is 245 g/mol. The SMILES string of the molecule is Cc1cc(Cl)ccc1C1CCNCC1.Cl. The predicted octanol–water partition coefficient (Wildman–Crippen LogP) is 3.54. The average molecular weight is 246 g/mol. The van der Waals surface area contributed by atoms with Crippen LogP contribution in [0.3, 0.4) is 0 Å². The molecule has 1 fully saturated rings. The first-order valence-electron chi connectivity index (χ1n) is 5.24. The molecule has 1 N–H and O–H groups in total. The standard InChI is InChI=1S/C12H16ClN.ClH/c1-9-8-11(13)2-3-12(9)10-4-6-14-7-5-10;/h2-3,8,10,14H,4-7H2,1H3;1H. The molecule has 1 nitrogen and oxygen atoms in total. The van der Waals surface area contributed by atoms with Crippen molar-refractivity contribution >= 4 is 24.0 Å². The van der Waals surface area contributed by atoms with Crippen LogP contribution >= 0.6 is 24.0 Å². The molecule has 0 spiro atoms. The Balaban J connectivity index is 0.00000112. The number of nitrogens with one attached hydrogen (secondary N) is 1. The van der Waals surface area contributed by atoms with Crippen molar-refractivity contribution in [2.45, 2.75) is 25.7 Å². The van der Waals surface area contributed by atoms with Crippen molar-refractivity contribution in [2.24, 2.45) is 0 Å². The lowest BCUT2D eigenvalue weighted by Crippen LogP contribution is -2.26. The second-order valence-electron chi connectivity index (χ2n) is 4.03. The van der Waals surface area contributed by atoms with Gasteiger partial charge in [-0.25, -0.2) is 0 Å². The van der Waals surface area contributed by atoms with Crippen LogP contribution < -0.4 is 5.32 Å². The Hall–Kier alpha value is -0.240. The maximum atomic E-state index is 5.94. The highest BCUT2D eigenvalue weighted by Gasteiger charge is 2.16. The lowest BCUT2D eigenvalue weighted by atomic mass is 9.88. The number of piperidine rings is 1. The number of hydrogen-bond donors (Lipinski definition) is 1. The summed E-state index contributed by atoms with van der Waals surface area (Å²) >= 11 is 5.94. The van der Waals surface area contributed by atoms with E-state index in [4.69, 9.17) is 11.6 Å². The molecule has 0 bridgehead atoms. The van der Waals surface area contributed by atoms with E-state index in [1.54, 1.807) is 0 Å². The molecule has 0 atom stereocenters. The van der Waals surface area contributed by atoms with Crippen LogP contribution in [0.1, 0.15) is 29.9 Å². The second kappa shape index (κ2) is 5.74. The number of rotatable bonds is 1. The summed E-state index contributed by atoms with van der Waals surface area (Å²) in [6, 6.07) is 6.26. The van der Waals surface area contributed by atoms with Gasteiger partial charge in [0, 0.05) is 5.02 Å². The number of halogens is 2. The van der Waals surface area contributed by atoms with Gasteiger partial charge in [0.25, 0.3) is 0 Å². The van der Waals surface area contributed by atoms with Crippen molar-refractivity contribution in [2.75, 3.05) is 13.1 Å². The van der Waals surface area contributed by atoms with E-state index in [0.717, 1.165) is 24.0 Å². The van der Waals surface area contributed by atoms with Gasteiger partial charge in [0.05, 0.1) is 0 Å². The third-order valence-corrected chi connectivity index (χ3v) is 3.25. The maximum absolute atomic E-state index is 5.94. The Morgan fingerprint density at radius 2 is 1.93 bits per heavy atom. The van der Waals surface area contributed by atoms with Crippen molar-refractivity contribution in [3.8, 4) is 0 Å². The van der Waals surface area contributed by atoms with E-state index in [9.17, 15) is 0 Å². The number of aryl methyl sites for hydroxylation is 1. The van der Waals surface area contributed by atoms with E-state index in [1.165, 1.54) is 24.0 Å². The summed E-state index contributed by atoms with van der Waals surface area (Å²) in [5.74, 6) is 0.730. The van der Waals surface area contributed by atoms with Crippen LogP contribution in [-0.4, -0.2) is 13.1 Å². The summed E-state index contributed by atoms with van der Waals surface area (Å²) in [7, 11) is 0. The molecular formula is C12H17Cl2N. The molecule has 0 unspecified atom stereocenters. The highest BCUT2D eigenvalue weighted by molar-refractivity contribution is 6.30. The molecule has 0 amide bonds. The van der Waals surface area contributed by atoms with Crippen LogP contribution in [0.5, 0.6) is 0 Å². The molecule has 3 heteroatoms. The van der Waals surface area contributed by atoms with E-state index in [-0.39, 0.29) is 12.4 Å². The van der Waals surface area contributed by atoms with Crippen LogP contribution in [0, 0.1) is 6.92 Å². The summed E-state index contributed by atoms with van der Waals surface area (Å²) in [4.78, 5) is 0. The van der Waals surface area contributed by atoms with Crippen molar-refractivity contribution in [1.82, 2.24) is 5.32 Å². The molecular weight excluding hydrogens is 229 g/mol. The molecule has 0 aliphatic carbocycles. The molecule has 84 valence electrons. The van der Waals surface area contributed by atoms with Gasteiger partial charge in [-0.05, 0) is 62.0 Å². The zero-order chi connectivity index (χ0) is 9.97. The van der Waals surface area contributed by atoms with Gasteiger partial charge in [0.15, 0.2) is 0 Å². The minimum atomic E-state index is 0. The van der Waals surface area contributed by atoms with E-state index in [1.807, 2.05) is 6.07 Å². The predicted molar refractivity (Wildman–Crippen MR) is 68.3 cm³/mol. The molecule has 2 rings (SSSR count). The van der Waals surface area contributed by atoms with Gasteiger partial charge in [-0.3, -0.25) is 0 Å². The van der Waals surface area contributed by atoms with Crippen molar-refractivity contribution < 1.29 is 0 Å². The Bertz CT molecular complexity index is 319. The van der Waals surface area contributed by atoms with Gasteiger partial charge in [-0.15, -0.1) is 12.4 Å². The largest absolute Gasteiger partial charge is 0.317 e. The molecule has 1 aliphatic heterocycles. The van der Waals surface area contributed by atoms with E-state index >= 15 is 0 Å². The fourth-order valence-corrected chi connectivity index (χ4v) is 2.46. The third-order valence-electron chi connectivity index (χ3n) is 3.01. The fourth-order valence-electron chi connectivity index (χ4n) is 2.23. The van der Waals surface area contributed by atoms with Gasteiger partial charge < -0.3 is 5.32 Å². The fraction of sp³-hybridized carbons (Fsp3) is 0.500. The Morgan fingerprint density at radius 3 is 2.53 bits per heavy atom. The van der Waals surface area contributed by atoms with Gasteiger partial charge in [-0.1, -0.05) is 17.7 Å². The zero-order valence-electron chi connectivity index (χ0n) is 8.92. The Morgan fingerprint density at radius 1 is 1.27 bits per heavy atom. The van der Waals surface area contributed by atoms with Crippen molar-refractivity contribution in [3.05, 3.63) is 34.3 Å². The van der Waals surface area contributed by atoms with Gasteiger partial charge >= 0.3 is 0 Å². The molecule has 1 aromatic carbocycles. The lowest BCUT2D eigenvalue weighted by molar-refractivity contribution is 0.459. The normalized spacial score (nSPS) is 17.2. The summed E-state index contributed by atoms with van der Waals surface area (Å²) in [6.07, 6.45) is 2.50. The molecule has 0 aromatic heterocycles. The first-order chi connectivity index (χ1) is 6.77. The lowest BCUT2D eigenvalue weighted by Gasteiger charge is -2.24. The summed E-state index contributed by atoms with van der Waals surface area (Å²) < 4.78 is 0. The molecule has 1 aromatic rings. The summed E-state index contributed by atoms with van der Waals surface area (Å²) in [6.45, 7) is 4.45. The quantitative estimate of drug-likeness (QED) is 0.799. The first-order valence-corrected chi connectivity index (χ1v) is 5.62. The molecule has 0 saturated carbocycles. The Kier molecular flexibility index (Phi) is 4.91. The van der Waals surface area contributed by atoms with Crippen molar-refractivity contribution in [1.29, 1.82) is 0 Å². The summed E-state index contributed by atoms with van der Waals surface area (Å²) in [5.41, 5.74) is 2.82. The average Bonchev–Trinajstić information content (AvgIpc) is 2.19. The van der Waals surface area contributed by atoms with Crippen LogP contribution in [0.2, 0.25) is 5.02 Å². The van der Waals surface area contributed by atoms with Gasteiger partial charge in [0.2, 0.25) is 0 Å². The first kappa shape index (κ1) is 12.8. The van der Waals surface area contributed by atoms with Crippen molar-refractivity contribution in [3.63, 3.8) is 0 Å². The Labute approximate surface area is 103 Å². The molecule has 1 heterocycles. The smallest absolute Gasteiger partial charge is 0.0408 e. The number of benzene rings is 1. The van der Waals surface area contributed by atoms with Crippen LogP contribution in [0.4, 0.5) is 0 Å². The minimum absolute atomic E-state index is 0. The molecule has 1 aliphatic rings. The van der Waals surface area contributed by atoms with E-state index in [2.05, 4.69) is 24.4 Å². The van der Waals surface area contributed by atoms with E-state index in [0.29, 0.717) is 0 Å².